The van der Waals surface area contributed by atoms with Gasteiger partial charge >= 0.3 is 0 Å². The van der Waals surface area contributed by atoms with Gasteiger partial charge in [-0.15, -0.1) is 0 Å². The van der Waals surface area contributed by atoms with Crippen LogP contribution in [0.4, 0.5) is 5.69 Å². The Labute approximate surface area is 116 Å². The van der Waals surface area contributed by atoms with E-state index in [4.69, 9.17) is 5.26 Å². The van der Waals surface area contributed by atoms with Crippen molar-refractivity contribution in [2.45, 2.75) is 37.7 Å². The van der Waals surface area contributed by atoms with Crippen molar-refractivity contribution in [3.8, 4) is 6.07 Å². The Morgan fingerprint density at radius 3 is 2.72 bits per heavy atom. The average molecular weight is 309 g/mol. The van der Waals surface area contributed by atoms with Crippen molar-refractivity contribution < 1.29 is 5.11 Å². The highest BCUT2D eigenvalue weighted by Crippen LogP contribution is 2.29. The molecule has 18 heavy (non-hydrogen) atoms. The van der Waals surface area contributed by atoms with Crippen LogP contribution in [0.3, 0.4) is 0 Å². The van der Waals surface area contributed by atoms with E-state index in [1.807, 2.05) is 18.2 Å². The number of benzene rings is 1. The smallest absolute Gasteiger partial charge is 0.103 e. The summed E-state index contributed by atoms with van der Waals surface area (Å²) in [7, 11) is 0. The lowest BCUT2D eigenvalue weighted by Crippen LogP contribution is -2.38. The standard InChI is InChI=1S/C14H17BrN2O/c15-12-5-4-6-13(11(12)9-16)17-10-14(18)7-2-1-3-8-14/h4-6,17-18H,1-3,7-8,10H2. The molecule has 4 heteroatoms. The van der Waals surface area contributed by atoms with Crippen LogP contribution in [-0.2, 0) is 0 Å². The zero-order valence-electron chi connectivity index (χ0n) is 10.2. The van der Waals surface area contributed by atoms with Crippen LogP contribution in [0.1, 0.15) is 37.7 Å². The first kappa shape index (κ1) is 13.4. The highest BCUT2D eigenvalue weighted by Gasteiger charge is 2.28. The molecule has 0 aliphatic heterocycles. The average Bonchev–Trinajstić information content (AvgIpc) is 2.37. The molecule has 0 spiro atoms. The maximum Gasteiger partial charge on any atom is 0.103 e. The molecular formula is C14H17BrN2O. The minimum atomic E-state index is -0.618. The minimum absolute atomic E-state index is 0.512. The fourth-order valence-electron chi connectivity index (χ4n) is 2.43. The zero-order chi connectivity index (χ0) is 13.0. The summed E-state index contributed by atoms with van der Waals surface area (Å²) in [5, 5.41) is 22.7. The Morgan fingerprint density at radius 2 is 2.06 bits per heavy atom. The second-order valence-electron chi connectivity index (χ2n) is 4.91. The van der Waals surface area contributed by atoms with Gasteiger partial charge in [0.25, 0.3) is 0 Å². The van der Waals surface area contributed by atoms with E-state index < -0.39 is 5.60 Å². The van der Waals surface area contributed by atoms with Crippen molar-refractivity contribution in [3.63, 3.8) is 0 Å². The first-order chi connectivity index (χ1) is 8.64. The summed E-state index contributed by atoms with van der Waals surface area (Å²) in [5.74, 6) is 0. The zero-order valence-corrected chi connectivity index (χ0v) is 11.8. The normalized spacial score (nSPS) is 18.1. The maximum atomic E-state index is 10.4. The van der Waals surface area contributed by atoms with E-state index in [0.717, 1.165) is 35.8 Å². The summed E-state index contributed by atoms with van der Waals surface area (Å²) in [4.78, 5) is 0. The molecule has 2 N–H and O–H groups in total. The van der Waals surface area contributed by atoms with Crippen LogP contribution in [0.15, 0.2) is 22.7 Å². The molecule has 1 fully saturated rings. The molecule has 1 saturated carbocycles. The first-order valence-corrected chi connectivity index (χ1v) is 7.09. The van der Waals surface area contributed by atoms with E-state index in [-0.39, 0.29) is 0 Å². The molecule has 0 saturated heterocycles. The third kappa shape index (κ3) is 3.04. The van der Waals surface area contributed by atoms with E-state index in [9.17, 15) is 5.11 Å². The predicted octanol–water partition coefficient (Wildman–Crippen LogP) is 3.43. The second kappa shape index (κ2) is 5.73. The van der Waals surface area contributed by atoms with E-state index in [2.05, 4.69) is 27.3 Å². The predicted molar refractivity (Wildman–Crippen MR) is 75.4 cm³/mol. The SMILES string of the molecule is N#Cc1c(Br)cccc1NCC1(O)CCCCC1. The van der Waals surface area contributed by atoms with Crippen LogP contribution in [-0.4, -0.2) is 17.3 Å². The minimum Gasteiger partial charge on any atom is -0.388 e. The Hall–Kier alpha value is -1.05. The number of anilines is 1. The topological polar surface area (TPSA) is 56.0 Å². The number of aliphatic hydroxyl groups is 1. The summed E-state index contributed by atoms with van der Waals surface area (Å²) < 4.78 is 0.783. The van der Waals surface area contributed by atoms with Gasteiger partial charge in [-0.25, -0.2) is 0 Å². The molecule has 0 heterocycles. The number of hydrogen-bond acceptors (Lipinski definition) is 3. The summed E-state index contributed by atoms with van der Waals surface area (Å²) in [5.41, 5.74) is 0.760. The number of halogens is 1. The largest absolute Gasteiger partial charge is 0.388 e. The fraction of sp³-hybridized carbons (Fsp3) is 0.500. The Bertz CT molecular complexity index is 461. The quantitative estimate of drug-likeness (QED) is 0.899. The van der Waals surface area contributed by atoms with Crippen molar-refractivity contribution in [2.24, 2.45) is 0 Å². The van der Waals surface area contributed by atoms with Gasteiger partial charge in [-0.05, 0) is 40.9 Å². The molecule has 1 aromatic carbocycles. The molecular weight excluding hydrogens is 292 g/mol. The third-order valence-electron chi connectivity index (χ3n) is 3.52. The highest BCUT2D eigenvalue weighted by molar-refractivity contribution is 9.10. The van der Waals surface area contributed by atoms with Crippen LogP contribution < -0.4 is 5.32 Å². The molecule has 0 amide bonds. The van der Waals surface area contributed by atoms with Gasteiger partial charge in [0.2, 0.25) is 0 Å². The van der Waals surface area contributed by atoms with Gasteiger partial charge in [-0.3, -0.25) is 0 Å². The lowest BCUT2D eigenvalue weighted by Gasteiger charge is -2.32. The van der Waals surface area contributed by atoms with Crippen molar-refractivity contribution in [1.29, 1.82) is 5.26 Å². The van der Waals surface area contributed by atoms with Gasteiger partial charge in [0, 0.05) is 11.0 Å². The number of nitrogens with one attached hydrogen (secondary N) is 1. The second-order valence-corrected chi connectivity index (χ2v) is 5.77. The highest BCUT2D eigenvalue weighted by atomic mass is 79.9. The molecule has 0 atom stereocenters. The summed E-state index contributed by atoms with van der Waals surface area (Å²) in [6, 6.07) is 7.78. The Balaban J connectivity index is 2.06. The van der Waals surface area contributed by atoms with Crippen molar-refractivity contribution in [1.82, 2.24) is 0 Å². The molecule has 2 rings (SSSR count). The van der Waals surface area contributed by atoms with Gasteiger partial charge in [0.15, 0.2) is 0 Å². The van der Waals surface area contributed by atoms with Gasteiger partial charge in [-0.2, -0.15) is 5.26 Å². The fourth-order valence-corrected chi connectivity index (χ4v) is 2.89. The van der Waals surface area contributed by atoms with Crippen molar-refractivity contribution in [2.75, 3.05) is 11.9 Å². The Kier molecular flexibility index (Phi) is 4.26. The van der Waals surface area contributed by atoms with Crippen LogP contribution >= 0.6 is 15.9 Å². The van der Waals surface area contributed by atoms with E-state index in [1.165, 1.54) is 6.42 Å². The summed E-state index contributed by atoms with van der Waals surface area (Å²) >= 11 is 3.36. The summed E-state index contributed by atoms with van der Waals surface area (Å²) in [6.07, 6.45) is 5.07. The lowest BCUT2D eigenvalue weighted by atomic mass is 9.85. The van der Waals surface area contributed by atoms with Gasteiger partial charge in [0.05, 0.1) is 16.9 Å². The third-order valence-corrected chi connectivity index (χ3v) is 4.18. The number of rotatable bonds is 3. The van der Waals surface area contributed by atoms with Crippen LogP contribution in [0.2, 0.25) is 0 Å². The number of nitrogens with zero attached hydrogens (tertiary/aromatic N) is 1. The van der Waals surface area contributed by atoms with Crippen LogP contribution in [0.25, 0.3) is 0 Å². The number of nitriles is 1. The van der Waals surface area contributed by atoms with Gasteiger partial charge in [0.1, 0.15) is 6.07 Å². The molecule has 1 aliphatic rings. The van der Waals surface area contributed by atoms with Crippen LogP contribution in [0.5, 0.6) is 0 Å². The van der Waals surface area contributed by atoms with Crippen molar-refractivity contribution in [3.05, 3.63) is 28.2 Å². The first-order valence-electron chi connectivity index (χ1n) is 6.29. The van der Waals surface area contributed by atoms with E-state index >= 15 is 0 Å². The molecule has 0 unspecified atom stereocenters. The molecule has 96 valence electrons. The molecule has 0 radical (unpaired) electrons. The monoisotopic (exact) mass is 308 g/mol. The van der Waals surface area contributed by atoms with Crippen molar-refractivity contribution >= 4 is 21.6 Å². The van der Waals surface area contributed by atoms with E-state index in [1.54, 1.807) is 0 Å². The molecule has 1 aliphatic carbocycles. The maximum absolute atomic E-state index is 10.4. The Morgan fingerprint density at radius 1 is 1.33 bits per heavy atom. The van der Waals surface area contributed by atoms with Gasteiger partial charge < -0.3 is 10.4 Å². The number of hydrogen-bond donors (Lipinski definition) is 2. The van der Waals surface area contributed by atoms with E-state index in [0.29, 0.717) is 12.1 Å². The van der Waals surface area contributed by atoms with Crippen LogP contribution in [0, 0.1) is 11.3 Å². The summed E-state index contributed by atoms with van der Waals surface area (Å²) in [6.45, 7) is 0.512. The molecule has 0 bridgehead atoms. The molecule has 1 aromatic rings. The molecule has 3 nitrogen and oxygen atoms in total. The lowest BCUT2D eigenvalue weighted by molar-refractivity contribution is 0.0167. The van der Waals surface area contributed by atoms with Gasteiger partial charge in [-0.1, -0.05) is 25.3 Å². The molecule has 0 aromatic heterocycles.